The minimum absolute atomic E-state index is 0.133. The Labute approximate surface area is 180 Å². The summed E-state index contributed by atoms with van der Waals surface area (Å²) in [7, 11) is 3.98. The van der Waals surface area contributed by atoms with Gasteiger partial charge in [0.15, 0.2) is 5.69 Å². The number of hydrogen-bond donors (Lipinski definition) is 1. The summed E-state index contributed by atoms with van der Waals surface area (Å²) in [5, 5.41) is 13.7. The Balaban J connectivity index is 1.94. The van der Waals surface area contributed by atoms with E-state index in [1.54, 1.807) is 6.08 Å². The van der Waals surface area contributed by atoms with Crippen molar-refractivity contribution < 1.29 is 14.7 Å². The lowest BCUT2D eigenvalue weighted by atomic mass is 9.68. The summed E-state index contributed by atoms with van der Waals surface area (Å²) in [5.41, 5.74) is 3.48. The molecule has 0 spiro atoms. The summed E-state index contributed by atoms with van der Waals surface area (Å²) >= 11 is 0. The van der Waals surface area contributed by atoms with Gasteiger partial charge < -0.3 is 10.0 Å². The molecule has 1 heterocycles. The number of rotatable bonds is 5. The molecule has 2 aromatic carbocycles. The number of benzene rings is 2. The number of fused-ring (bicyclic) bond motifs is 1. The second-order valence-corrected chi connectivity index (χ2v) is 7.76. The van der Waals surface area contributed by atoms with Gasteiger partial charge in [0.05, 0.1) is 5.69 Å². The van der Waals surface area contributed by atoms with Crippen LogP contribution >= 0.6 is 0 Å². The maximum atomic E-state index is 12.5. The van der Waals surface area contributed by atoms with Crippen LogP contribution in [0.4, 0.5) is 5.69 Å². The van der Waals surface area contributed by atoms with Crippen molar-refractivity contribution in [3.05, 3.63) is 101 Å². The quantitative estimate of drug-likeness (QED) is 0.639. The first-order valence-electron chi connectivity index (χ1n) is 9.92. The largest absolute Gasteiger partial charge is 0.476 e. The maximum Gasteiger partial charge on any atom is 0.357 e. The summed E-state index contributed by atoms with van der Waals surface area (Å²) in [5.74, 6) is -1.62. The van der Waals surface area contributed by atoms with Crippen LogP contribution in [0.15, 0.2) is 73.3 Å². The van der Waals surface area contributed by atoms with Gasteiger partial charge in [-0.1, -0.05) is 61.2 Å². The van der Waals surface area contributed by atoms with Crippen LogP contribution in [-0.4, -0.2) is 40.9 Å². The molecule has 4 rings (SSSR count). The molecule has 0 bridgehead atoms. The van der Waals surface area contributed by atoms with E-state index in [0.717, 1.165) is 22.9 Å². The third-order valence-electron chi connectivity index (χ3n) is 5.78. The van der Waals surface area contributed by atoms with Gasteiger partial charge in [0, 0.05) is 37.2 Å². The lowest BCUT2D eigenvalue weighted by molar-refractivity contribution is 0.0689. The Morgan fingerprint density at radius 2 is 1.74 bits per heavy atom. The standard InChI is InChI=1S/C25H23N3O3/c1-4-22(29)28-21-16-25(17-8-6-5-7-9-17,15-14-20(21)23(26-28)24(30)31)18-10-12-19(13-11-18)27(2)3/h4-15H,1,16H2,2-3H3,(H,30,31). The van der Waals surface area contributed by atoms with Crippen LogP contribution in [0.5, 0.6) is 0 Å². The molecule has 0 fully saturated rings. The van der Waals surface area contributed by atoms with Gasteiger partial charge >= 0.3 is 5.97 Å². The molecule has 6 nitrogen and oxygen atoms in total. The highest BCUT2D eigenvalue weighted by molar-refractivity contribution is 5.95. The van der Waals surface area contributed by atoms with Gasteiger partial charge in [-0.3, -0.25) is 4.79 Å². The summed E-state index contributed by atoms with van der Waals surface area (Å²) < 4.78 is 1.17. The van der Waals surface area contributed by atoms with Crippen molar-refractivity contribution in [2.45, 2.75) is 11.8 Å². The second kappa shape index (κ2) is 7.72. The molecule has 1 atom stereocenters. The number of hydrogen-bond acceptors (Lipinski definition) is 4. The van der Waals surface area contributed by atoms with E-state index in [2.05, 4.69) is 35.9 Å². The number of aromatic carboxylic acids is 1. The maximum absolute atomic E-state index is 12.5. The SMILES string of the molecule is C=CC(=O)n1nc(C(=O)O)c2c1CC(c1ccccc1)(c1ccc(N(C)C)cc1)C=C2. The van der Waals surface area contributed by atoms with Gasteiger partial charge in [-0.2, -0.15) is 9.78 Å². The van der Waals surface area contributed by atoms with Gasteiger partial charge in [-0.05, 0) is 29.3 Å². The molecule has 31 heavy (non-hydrogen) atoms. The fourth-order valence-electron chi connectivity index (χ4n) is 4.14. The first-order chi connectivity index (χ1) is 14.9. The number of aromatic nitrogens is 2. The average Bonchev–Trinajstić information content (AvgIpc) is 3.18. The fourth-order valence-corrected chi connectivity index (χ4v) is 4.14. The van der Waals surface area contributed by atoms with E-state index in [4.69, 9.17) is 0 Å². The Kier molecular flexibility index (Phi) is 5.07. The molecule has 0 amide bonds. The Morgan fingerprint density at radius 3 is 2.32 bits per heavy atom. The van der Waals surface area contributed by atoms with Crippen LogP contribution in [0.3, 0.4) is 0 Å². The number of nitrogens with zero attached hydrogens (tertiary/aromatic N) is 3. The highest BCUT2D eigenvalue weighted by Gasteiger charge is 2.39. The summed E-state index contributed by atoms with van der Waals surface area (Å²) in [6, 6.07) is 18.3. The first-order valence-corrected chi connectivity index (χ1v) is 9.92. The topological polar surface area (TPSA) is 75.4 Å². The van der Waals surface area contributed by atoms with E-state index in [-0.39, 0.29) is 5.69 Å². The van der Waals surface area contributed by atoms with Gasteiger partial charge in [0.25, 0.3) is 5.91 Å². The van der Waals surface area contributed by atoms with Crippen molar-refractivity contribution in [2.75, 3.05) is 19.0 Å². The van der Waals surface area contributed by atoms with Crippen LogP contribution in [0, 0.1) is 0 Å². The zero-order valence-electron chi connectivity index (χ0n) is 17.4. The molecule has 1 aliphatic carbocycles. The monoisotopic (exact) mass is 413 g/mol. The van der Waals surface area contributed by atoms with Crippen molar-refractivity contribution in [3.8, 4) is 0 Å². The van der Waals surface area contributed by atoms with Crippen molar-refractivity contribution >= 4 is 23.6 Å². The highest BCUT2D eigenvalue weighted by atomic mass is 16.4. The molecule has 1 unspecified atom stereocenters. The number of carboxylic acids is 1. The van der Waals surface area contributed by atoms with E-state index >= 15 is 0 Å². The number of allylic oxidation sites excluding steroid dienone is 2. The van der Waals surface area contributed by atoms with Crippen LogP contribution in [0.2, 0.25) is 0 Å². The molecule has 1 aliphatic rings. The van der Waals surface area contributed by atoms with Crippen LogP contribution in [0.1, 0.15) is 37.7 Å². The molecule has 156 valence electrons. The average molecular weight is 413 g/mol. The first kappa shape index (κ1) is 20.3. The minimum atomic E-state index is -1.17. The van der Waals surface area contributed by atoms with Gasteiger partial charge in [0.1, 0.15) is 0 Å². The summed E-state index contributed by atoms with van der Waals surface area (Å²) in [4.78, 5) is 26.3. The predicted octanol–water partition coefficient (Wildman–Crippen LogP) is 4.03. The zero-order valence-corrected chi connectivity index (χ0v) is 17.4. The molecule has 1 aromatic heterocycles. The summed E-state index contributed by atoms with van der Waals surface area (Å²) in [6.07, 6.45) is 5.33. The minimum Gasteiger partial charge on any atom is -0.476 e. The molecule has 6 heteroatoms. The Bertz CT molecular complexity index is 1190. The van der Waals surface area contributed by atoms with E-state index in [1.165, 1.54) is 4.68 Å². The molecule has 0 aliphatic heterocycles. The molecule has 1 N–H and O–H groups in total. The smallest absolute Gasteiger partial charge is 0.357 e. The Morgan fingerprint density at radius 1 is 1.10 bits per heavy atom. The second-order valence-electron chi connectivity index (χ2n) is 7.76. The fraction of sp³-hybridized carbons (Fsp3) is 0.160. The molecular formula is C25H23N3O3. The number of anilines is 1. The number of carboxylic acid groups (broad SMARTS) is 1. The van der Waals surface area contributed by atoms with E-state index in [9.17, 15) is 14.7 Å². The van der Waals surface area contributed by atoms with E-state index < -0.39 is 17.3 Å². The molecular weight excluding hydrogens is 390 g/mol. The van der Waals surface area contributed by atoms with Crippen LogP contribution in [0.25, 0.3) is 6.08 Å². The van der Waals surface area contributed by atoms with Gasteiger partial charge in [0.2, 0.25) is 0 Å². The van der Waals surface area contributed by atoms with Crippen molar-refractivity contribution in [1.82, 2.24) is 9.78 Å². The third kappa shape index (κ3) is 3.36. The number of carbonyl (C=O) groups is 2. The summed E-state index contributed by atoms with van der Waals surface area (Å²) in [6.45, 7) is 3.54. The molecule has 0 saturated heterocycles. The zero-order chi connectivity index (χ0) is 22.2. The number of carbonyl (C=O) groups excluding carboxylic acids is 1. The normalized spacial score (nSPS) is 17.1. The molecule has 3 aromatic rings. The van der Waals surface area contributed by atoms with Crippen LogP contribution < -0.4 is 4.90 Å². The Hall–Kier alpha value is -3.93. The van der Waals surface area contributed by atoms with E-state index in [0.29, 0.717) is 17.7 Å². The van der Waals surface area contributed by atoms with Gasteiger partial charge in [-0.15, -0.1) is 0 Å². The molecule has 0 saturated carbocycles. The predicted molar refractivity (Wildman–Crippen MR) is 121 cm³/mol. The van der Waals surface area contributed by atoms with Crippen LogP contribution in [-0.2, 0) is 11.8 Å². The van der Waals surface area contributed by atoms with Gasteiger partial charge in [-0.25, -0.2) is 4.79 Å². The van der Waals surface area contributed by atoms with E-state index in [1.807, 2.05) is 55.4 Å². The van der Waals surface area contributed by atoms with Crippen molar-refractivity contribution in [3.63, 3.8) is 0 Å². The molecule has 0 radical (unpaired) electrons. The third-order valence-corrected chi connectivity index (χ3v) is 5.78. The van der Waals surface area contributed by atoms with Crippen molar-refractivity contribution in [1.29, 1.82) is 0 Å². The lowest BCUT2D eigenvalue weighted by Gasteiger charge is -2.35. The highest BCUT2D eigenvalue weighted by Crippen LogP contribution is 2.42. The van der Waals surface area contributed by atoms with Crippen molar-refractivity contribution in [2.24, 2.45) is 0 Å². The lowest BCUT2D eigenvalue weighted by Crippen LogP contribution is -2.32.